The minimum atomic E-state index is -3.29. The molecule has 1 N–H and O–H groups in total. The van der Waals surface area contributed by atoms with Gasteiger partial charge in [0.2, 0.25) is 6.79 Å². The number of halogens is 1. The van der Waals surface area contributed by atoms with Gasteiger partial charge in [0.1, 0.15) is 0 Å². The summed E-state index contributed by atoms with van der Waals surface area (Å²) in [5, 5.41) is 10.2. The molecule has 1 atom stereocenters. The summed E-state index contributed by atoms with van der Waals surface area (Å²) in [6.45, 7) is 0.149. The molecule has 0 fully saturated rings. The summed E-state index contributed by atoms with van der Waals surface area (Å²) in [5.41, 5.74) is 0.540. The number of hydrogen-bond donors (Lipinski definition) is 1. The van der Waals surface area contributed by atoms with Crippen LogP contribution in [0.4, 0.5) is 0 Å². The monoisotopic (exact) mass is 352 g/mol. The molecule has 1 unspecified atom stereocenters. The Labute approximate surface area is 119 Å². The van der Waals surface area contributed by atoms with Gasteiger partial charge in [-0.15, -0.1) is 0 Å². The third-order valence-electron chi connectivity index (χ3n) is 2.80. The molecular formula is C11H14BrO6P. The first-order chi connectivity index (χ1) is 8.99. The topological polar surface area (TPSA) is 74.2 Å². The maximum atomic E-state index is 12.0. The highest BCUT2D eigenvalue weighted by molar-refractivity contribution is 9.10. The molecule has 0 saturated heterocycles. The first-order valence-corrected chi connectivity index (χ1v) is 7.99. The molecule has 19 heavy (non-hydrogen) atoms. The second-order valence-electron chi connectivity index (χ2n) is 3.90. The average Bonchev–Trinajstić information content (AvgIpc) is 2.84. The zero-order chi connectivity index (χ0) is 14.0. The zero-order valence-corrected chi connectivity index (χ0v) is 12.9. The molecule has 0 amide bonds. The second kappa shape index (κ2) is 5.81. The van der Waals surface area contributed by atoms with E-state index < -0.39 is 13.7 Å². The fourth-order valence-corrected chi connectivity index (χ4v) is 3.38. The van der Waals surface area contributed by atoms with E-state index in [2.05, 4.69) is 15.9 Å². The van der Waals surface area contributed by atoms with Crippen molar-refractivity contribution in [2.45, 2.75) is 6.10 Å². The smallest absolute Gasteiger partial charge is 0.333 e. The minimum Gasteiger partial charge on any atom is -0.454 e. The Balaban J connectivity index is 2.24. The Kier molecular flexibility index (Phi) is 4.53. The number of aliphatic hydroxyl groups is 1. The second-order valence-corrected chi connectivity index (χ2v) is 7.07. The van der Waals surface area contributed by atoms with Gasteiger partial charge in [0.15, 0.2) is 11.5 Å². The summed E-state index contributed by atoms with van der Waals surface area (Å²) in [4.78, 5) is 0. The van der Waals surface area contributed by atoms with Gasteiger partial charge >= 0.3 is 7.60 Å². The minimum absolute atomic E-state index is 0.141. The van der Waals surface area contributed by atoms with Crippen LogP contribution in [0.2, 0.25) is 0 Å². The van der Waals surface area contributed by atoms with E-state index in [0.717, 1.165) is 0 Å². The van der Waals surface area contributed by atoms with Crippen LogP contribution in [0.3, 0.4) is 0 Å². The fraction of sp³-hybridized carbons (Fsp3) is 0.455. The molecule has 1 aliphatic rings. The lowest BCUT2D eigenvalue weighted by molar-refractivity contribution is 0.172. The summed E-state index contributed by atoms with van der Waals surface area (Å²) < 4.78 is 32.7. The summed E-state index contributed by atoms with van der Waals surface area (Å²) >= 11 is 3.33. The predicted octanol–water partition coefficient (Wildman–Crippen LogP) is 2.70. The van der Waals surface area contributed by atoms with Crippen molar-refractivity contribution in [1.82, 2.24) is 0 Å². The largest absolute Gasteiger partial charge is 0.454 e. The standard InChI is InChI=1S/C11H14BrO6P/c1-15-19(14,16-2)5-9(13)7-3-10-11(4-8(7)12)18-6-17-10/h3-4,9,13H,5-6H2,1-2H3. The lowest BCUT2D eigenvalue weighted by Gasteiger charge is -2.19. The van der Waals surface area contributed by atoms with E-state index in [1.807, 2.05) is 0 Å². The number of benzene rings is 1. The van der Waals surface area contributed by atoms with Crippen LogP contribution >= 0.6 is 23.5 Å². The van der Waals surface area contributed by atoms with Gasteiger partial charge in [-0.3, -0.25) is 4.57 Å². The molecule has 0 bridgehead atoms. The number of ether oxygens (including phenoxy) is 2. The summed E-state index contributed by atoms with van der Waals surface area (Å²) in [6, 6.07) is 3.35. The van der Waals surface area contributed by atoms with Crippen molar-refractivity contribution >= 4 is 23.5 Å². The van der Waals surface area contributed by atoms with Gasteiger partial charge in [0, 0.05) is 18.7 Å². The number of hydrogen-bond acceptors (Lipinski definition) is 6. The van der Waals surface area contributed by atoms with Crippen LogP contribution < -0.4 is 9.47 Å². The molecule has 106 valence electrons. The van der Waals surface area contributed by atoms with Crippen molar-refractivity contribution in [3.63, 3.8) is 0 Å². The first kappa shape index (κ1) is 14.8. The van der Waals surface area contributed by atoms with Crippen molar-refractivity contribution in [1.29, 1.82) is 0 Å². The predicted molar refractivity (Wildman–Crippen MR) is 71.7 cm³/mol. The summed E-state index contributed by atoms with van der Waals surface area (Å²) in [6.07, 6.45) is -1.15. The van der Waals surface area contributed by atoms with Gasteiger partial charge < -0.3 is 23.6 Å². The lowest BCUT2D eigenvalue weighted by Crippen LogP contribution is -2.07. The van der Waals surface area contributed by atoms with Crippen LogP contribution in [-0.4, -0.2) is 32.3 Å². The van der Waals surface area contributed by atoms with Crippen LogP contribution in [0, 0.1) is 0 Å². The van der Waals surface area contributed by atoms with Crippen molar-refractivity contribution in [3.8, 4) is 11.5 Å². The lowest BCUT2D eigenvalue weighted by atomic mass is 10.1. The third-order valence-corrected chi connectivity index (χ3v) is 5.40. The van der Waals surface area contributed by atoms with Gasteiger partial charge in [-0.2, -0.15) is 0 Å². The van der Waals surface area contributed by atoms with E-state index in [1.54, 1.807) is 12.1 Å². The molecule has 0 saturated carbocycles. The Morgan fingerprint density at radius 3 is 2.53 bits per heavy atom. The number of fused-ring (bicyclic) bond motifs is 1. The van der Waals surface area contributed by atoms with E-state index in [0.29, 0.717) is 21.5 Å². The molecule has 1 heterocycles. The van der Waals surface area contributed by atoms with E-state index >= 15 is 0 Å². The Hall–Kier alpha value is -0.590. The van der Waals surface area contributed by atoms with Crippen molar-refractivity contribution in [3.05, 3.63) is 22.2 Å². The Bertz CT molecular complexity index is 512. The van der Waals surface area contributed by atoms with Crippen molar-refractivity contribution in [2.75, 3.05) is 27.2 Å². The third kappa shape index (κ3) is 3.12. The molecule has 1 aliphatic heterocycles. The molecule has 1 aromatic rings. The fourth-order valence-electron chi connectivity index (χ4n) is 1.72. The Morgan fingerprint density at radius 2 is 1.95 bits per heavy atom. The Morgan fingerprint density at radius 1 is 1.37 bits per heavy atom. The van der Waals surface area contributed by atoms with Crippen LogP contribution in [-0.2, 0) is 13.6 Å². The molecule has 0 aromatic heterocycles. The van der Waals surface area contributed by atoms with Gasteiger partial charge in [-0.1, -0.05) is 15.9 Å². The molecule has 2 rings (SSSR count). The van der Waals surface area contributed by atoms with Crippen LogP contribution in [0.5, 0.6) is 11.5 Å². The summed E-state index contributed by atoms with van der Waals surface area (Å²) in [5.74, 6) is 1.14. The molecule has 0 radical (unpaired) electrons. The quantitative estimate of drug-likeness (QED) is 0.821. The highest BCUT2D eigenvalue weighted by atomic mass is 79.9. The normalized spacial score (nSPS) is 15.6. The van der Waals surface area contributed by atoms with E-state index in [-0.39, 0.29) is 13.0 Å². The molecule has 6 nitrogen and oxygen atoms in total. The van der Waals surface area contributed by atoms with Crippen molar-refractivity contribution < 1.29 is 28.2 Å². The molecule has 0 spiro atoms. The van der Waals surface area contributed by atoms with Crippen LogP contribution in [0.15, 0.2) is 16.6 Å². The van der Waals surface area contributed by atoms with Crippen molar-refractivity contribution in [2.24, 2.45) is 0 Å². The maximum absolute atomic E-state index is 12.0. The molecule has 0 aliphatic carbocycles. The molecule has 1 aromatic carbocycles. The number of aliphatic hydroxyl groups excluding tert-OH is 1. The molecule has 8 heteroatoms. The van der Waals surface area contributed by atoms with Gasteiger partial charge in [-0.25, -0.2) is 0 Å². The first-order valence-electron chi connectivity index (χ1n) is 5.46. The zero-order valence-electron chi connectivity index (χ0n) is 10.5. The van der Waals surface area contributed by atoms with E-state index in [9.17, 15) is 9.67 Å². The van der Waals surface area contributed by atoms with E-state index in [4.69, 9.17) is 18.5 Å². The highest BCUT2D eigenvalue weighted by Crippen LogP contribution is 2.50. The highest BCUT2D eigenvalue weighted by Gasteiger charge is 2.29. The maximum Gasteiger partial charge on any atom is 0.333 e. The average molecular weight is 353 g/mol. The SMILES string of the molecule is COP(=O)(CC(O)c1cc2c(cc1Br)OCO2)OC. The summed E-state index contributed by atoms with van der Waals surface area (Å²) in [7, 11) is -0.718. The van der Waals surface area contributed by atoms with Crippen LogP contribution in [0.25, 0.3) is 0 Å². The van der Waals surface area contributed by atoms with Crippen LogP contribution in [0.1, 0.15) is 11.7 Å². The van der Waals surface area contributed by atoms with Gasteiger partial charge in [0.05, 0.1) is 12.3 Å². The van der Waals surface area contributed by atoms with Gasteiger partial charge in [-0.05, 0) is 17.7 Å². The molecular weight excluding hydrogens is 339 g/mol. The van der Waals surface area contributed by atoms with Gasteiger partial charge in [0.25, 0.3) is 0 Å². The number of rotatable bonds is 5. The van der Waals surface area contributed by atoms with E-state index in [1.165, 1.54) is 14.2 Å².